The van der Waals surface area contributed by atoms with E-state index >= 15 is 0 Å². The molecular formula is C66H73N13O15S6. The van der Waals surface area contributed by atoms with E-state index in [0.29, 0.717) is 114 Å². The van der Waals surface area contributed by atoms with Crippen molar-refractivity contribution >= 4 is 127 Å². The van der Waals surface area contributed by atoms with Crippen molar-refractivity contribution in [3.05, 3.63) is 111 Å². The molecule has 7 aromatic heterocycles. The van der Waals surface area contributed by atoms with E-state index in [1.165, 1.54) is 48.8 Å². The third-order valence-electron chi connectivity index (χ3n) is 16.8. The van der Waals surface area contributed by atoms with Crippen LogP contribution in [-0.2, 0) is 44.8 Å². The second-order valence-electron chi connectivity index (χ2n) is 24.1. The first kappa shape index (κ1) is 73.8. The smallest absolute Gasteiger partial charge is 0.415 e. The summed E-state index contributed by atoms with van der Waals surface area (Å²) in [5.74, 6) is -5.43. The molecule has 8 aromatic rings. The fourth-order valence-corrected chi connectivity index (χ4v) is 17.1. The van der Waals surface area contributed by atoms with E-state index in [0.717, 1.165) is 45.3 Å². The number of unbranched alkanes of at least 4 members (excludes halogenated alkanes) is 2. The summed E-state index contributed by atoms with van der Waals surface area (Å²) in [6.45, 7) is 4.91. The molecule has 4 atom stereocenters. The number of aryl methyl sites for hydroxylation is 1. The number of benzene rings is 1. The number of aliphatic hydroxyl groups is 1. The summed E-state index contributed by atoms with van der Waals surface area (Å²) in [4.78, 5) is 157. The van der Waals surface area contributed by atoms with Crippen LogP contribution in [0.4, 0.5) is 10.6 Å². The predicted molar refractivity (Wildman–Crippen MR) is 375 cm³/mol. The summed E-state index contributed by atoms with van der Waals surface area (Å²) in [5.41, 5.74) is 1.40. The summed E-state index contributed by atoms with van der Waals surface area (Å²) >= 11 is 6.97. The van der Waals surface area contributed by atoms with E-state index in [2.05, 4.69) is 26.6 Å². The van der Waals surface area contributed by atoms with Crippen molar-refractivity contribution < 1.29 is 72.7 Å². The number of rotatable bonds is 21. The Balaban J connectivity index is 1.01. The molecule has 28 nitrogen and oxygen atoms in total. The van der Waals surface area contributed by atoms with Gasteiger partial charge in [0.2, 0.25) is 11.8 Å². The second-order valence-corrected chi connectivity index (χ2v) is 29.9. The summed E-state index contributed by atoms with van der Waals surface area (Å²) in [6, 6.07) is 9.22. The number of nitrogens with zero attached hydrogens (tertiary/aromatic N) is 8. The minimum Gasteiger partial charge on any atom is -0.481 e. The lowest BCUT2D eigenvalue weighted by molar-refractivity contribution is -0.157. The zero-order chi connectivity index (χ0) is 71.4. The number of esters is 1. The Morgan fingerprint density at radius 2 is 1.36 bits per heavy atom. The number of aliphatic carboxylic acids is 2. The van der Waals surface area contributed by atoms with Crippen molar-refractivity contribution in [3.63, 3.8) is 0 Å². The number of carbonyl (C=O) groups is 9. The van der Waals surface area contributed by atoms with Gasteiger partial charge in [0.25, 0.3) is 17.7 Å². The van der Waals surface area contributed by atoms with Crippen molar-refractivity contribution in [2.75, 3.05) is 39.3 Å². The molecule has 8 heterocycles. The minimum absolute atomic E-state index is 0.0200. The molecule has 34 heteroatoms. The second kappa shape index (κ2) is 33.5. The van der Waals surface area contributed by atoms with Crippen molar-refractivity contribution in [2.45, 2.75) is 135 Å². The molecule has 8 N–H and O–H groups in total. The summed E-state index contributed by atoms with van der Waals surface area (Å²) in [5, 5.41) is 53.5. The summed E-state index contributed by atoms with van der Waals surface area (Å²) in [6.07, 6.45) is 0.123. The molecule has 1 unspecified atom stereocenters. The number of nitrogens with one attached hydrogen (secondary N) is 5. The van der Waals surface area contributed by atoms with Crippen molar-refractivity contribution in [3.8, 4) is 43.4 Å². The number of carboxylic acid groups (broad SMARTS) is 2. The Hall–Kier alpha value is -8.90. The van der Waals surface area contributed by atoms with E-state index < -0.39 is 95.8 Å². The molecule has 1 aliphatic carbocycles. The number of hydrogen-bond acceptors (Lipinski definition) is 26. The highest BCUT2D eigenvalue weighted by atomic mass is 32.1. The van der Waals surface area contributed by atoms with Crippen molar-refractivity contribution in [1.82, 2.24) is 61.5 Å². The number of carboxylic acids is 2. The molecule has 0 saturated heterocycles. The number of aliphatic hydroxyl groups excluding tert-OH is 1. The molecule has 10 rings (SSSR count). The van der Waals surface area contributed by atoms with E-state index in [-0.39, 0.29) is 79.1 Å². The van der Waals surface area contributed by atoms with E-state index in [4.69, 9.17) is 49.1 Å². The fraction of sp³-hybridized carbons (Fsp3) is 0.424. The van der Waals surface area contributed by atoms with Gasteiger partial charge in [0.1, 0.15) is 88.3 Å². The Labute approximate surface area is 597 Å². The van der Waals surface area contributed by atoms with Gasteiger partial charge in [-0.2, -0.15) is 0 Å². The maximum absolute atomic E-state index is 14.5. The Morgan fingerprint density at radius 1 is 0.680 bits per heavy atom. The first-order chi connectivity index (χ1) is 48.0. The van der Waals surface area contributed by atoms with Gasteiger partial charge in [-0.15, -0.1) is 68.0 Å². The molecule has 1 saturated carbocycles. The molecule has 1 fully saturated rings. The Morgan fingerprint density at radius 3 is 2.07 bits per heavy atom. The molecule has 100 heavy (non-hydrogen) atoms. The van der Waals surface area contributed by atoms with Crippen LogP contribution in [0.25, 0.3) is 43.4 Å². The number of aromatic nitrogens is 7. The third-order valence-corrected chi connectivity index (χ3v) is 22.5. The van der Waals surface area contributed by atoms with Crippen LogP contribution in [0.3, 0.4) is 0 Å². The lowest BCUT2D eigenvalue weighted by Gasteiger charge is -2.38. The quantitative estimate of drug-likeness (QED) is 0.0245. The average molecular weight is 1480 g/mol. The van der Waals surface area contributed by atoms with E-state index in [9.17, 15) is 58.5 Å². The predicted octanol–water partition coefficient (Wildman–Crippen LogP) is 10.3. The van der Waals surface area contributed by atoms with E-state index in [1.807, 2.05) is 13.8 Å². The molecule has 2 aliphatic rings. The number of amides is 6. The maximum Gasteiger partial charge on any atom is 0.415 e. The van der Waals surface area contributed by atoms with Gasteiger partial charge in [-0.05, 0) is 81.9 Å². The van der Waals surface area contributed by atoms with Gasteiger partial charge in [0, 0.05) is 65.5 Å². The number of anilines is 1. The third kappa shape index (κ3) is 17.8. The van der Waals surface area contributed by atoms with Gasteiger partial charge >= 0.3 is 24.0 Å². The minimum atomic E-state index is -1.32. The number of ether oxygens (including phenoxy) is 3. The number of carbonyl (C=O) groups excluding carboxylic acids is 7. The monoisotopic (exact) mass is 1480 g/mol. The molecule has 1 aromatic carbocycles. The van der Waals surface area contributed by atoms with Crippen LogP contribution in [0.15, 0.2) is 64.0 Å². The van der Waals surface area contributed by atoms with Gasteiger partial charge in [0.15, 0.2) is 0 Å². The fourth-order valence-electron chi connectivity index (χ4n) is 11.5. The van der Waals surface area contributed by atoms with E-state index in [1.54, 1.807) is 70.9 Å². The molecular weight excluding hydrogens is 1410 g/mol. The maximum atomic E-state index is 14.5. The van der Waals surface area contributed by atoms with Crippen LogP contribution >= 0.6 is 68.0 Å². The van der Waals surface area contributed by atoms with Gasteiger partial charge < -0.3 is 56.1 Å². The number of thiazole rings is 6. The molecule has 6 amide bonds. The van der Waals surface area contributed by atoms with Gasteiger partial charge in [-0.1, -0.05) is 50.6 Å². The highest BCUT2D eigenvalue weighted by Gasteiger charge is 2.44. The number of fused-ring (bicyclic) bond motifs is 14. The lowest BCUT2D eigenvalue weighted by atomic mass is 9.70. The number of hydrogen-bond donors (Lipinski definition) is 8. The average Bonchev–Trinajstić information content (AvgIpc) is 1.58. The molecule has 1 aliphatic heterocycles. The highest BCUT2D eigenvalue weighted by Crippen LogP contribution is 2.44. The number of methoxy groups -OCH3 is 2. The van der Waals surface area contributed by atoms with Crippen LogP contribution < -0.4 is 31.5 Å². The first-order valence-electron chi connectivity index (χ1n) is 32.0. The molecule has 0 radical (unpaired) electrons. The normalized spacial score (nSPS) is 18.6. The van der Waals surface area contributed by atoms with Crippen molar-refractivity contribution in [1.29, 1.82) is 0 Å². The van der Waals surface area contributed by atoms with Gasteiger partial charge in [-0.3, -0.25) is 43.3 Å². The van der Waals surface area contributed by atoms with Crippen LogP contribution in [0.5, 0.6) is 0 Å². The molecule has 528 valence electrons. The van der Waals surface area contributed by atoms with Crippen LogP contribution in [-0.4, -0.2) is 144 Å². The first-order valence-corrected chi connectivity index (χ1v) is 37.1. The van der Waals surface area contributed by atoms with Crippen LogP contribution in [0, 0.1) is 18.3 Å². The zero-order valence-electron chi connectivity index (χ0n) is 55.2. The van der Waals surface area contributed by atoms with Crippen LogP contribution in [0.2, 0.25) is 0 Å². The largest absolute Gasteiger partial charge is 0.481 e. The zero-order valence-corrected chi connectivity index (χ0v) is 60.1. The van der Waals surface area contributed by atoms with Crippen molar-refractivity contribution in [2.24, 2.45) is 11.3 Å². The summed E-state index contributed by atoms with van der Waals surface area (Å²) < 4.78 is 16.8. The molecule has 10 bridgehead atoms. The van der Waals surface area contributed by atoms with Crippen LogP contribution in [0.1, 0.15) is 177 Å². The Bertz CT molecular complexity index is 4290. The SMILES string of the molecule is CNC(=O)C[C@@H]1NC(=O)c2csc(n2)-c2ccc(-c3nc(N(CCCCC(=O)O)C(=O)O[C@H]4CC[C@](CCCCC(=O)O)(C(=O)OC)CC4)cs3)nc2-c2csc(n2)-c2csc(n2)[C@H]([C@@H](O)c2ccccc2)NC(=O)CNC(=O)c2nc(sc2COC)C(C(C)C)NC(=O)c2nc1sc2C. The highest BCUT2D eigenvalue weighted by molar-refractivity contribution is 7.15. The standard InChI is InChI=1S/C66H73N13O15S6/c1-33(2)49-63-78-52(43(100-63)28-92-5)56(88)68-27-46(81)75-53(54(86)35-14-8-7-9-15-35)62-73-42(31-97-62)60-71-40(29-96-60)51-37(58-72-41(30-95-58)55(87)70-39(26-45(80)67-4)61-77-50(34(3)99-61)57(89)76-49)18-19-38(69-51)59-74-44(32-98-59)79(25-13-11-17-48(84)85)65(91)94-36-20-23-66(24-21-36,64(90)93-6)22-12-10-16-47(82)83/h7-9,14-15,18-19,29-33,36,39,49,53-54,86H,10-13,16-17,20-28H2,1-6H3,(H,67,80)(H,68,88)(H,70,87)(H,75,81)(H,76,89)(H,82,83)(H,84,85)/t36-,39-,49?,53-,54-,66-/m0/s1. The molecule has 0 spiro atoms. The Kier molecular flexibility index (Phi) is 24.7. The topological polar surface area (TPSA) is 396 Å². The van der Waals surface area contributed by atoms with Gasteiger partial charge in [0.05, 0.1) is 54.8 Å². The lowest BCUT2D eigenvalue weighted by Crippen LogP contribution is -2.41. The summed E-state index contributed by atoms with van der Waals surface area (Å²) in [7, 11) is 4.23. The number of pyridine rings is 1. The van der Waals surface area contributed by atoms with Gasteiger partial charge in [-0.25, -0.2) is 39.7 Å².